The molecule has 0 unspecified atom stereocenters. The van der Waals surface area contributed by atoms with Crippen molar-refractivity contribution in [1.82, 2.24) is 0 Å². The maximum Gasteiger partial charge on any atom is 0.103 e. The topological polar surface area (TPSA) is 38.4 Å². The van der Waals surface area contributed by atoms with Crippen LogP contribution in [-0.4, -0.2) is 5.84 Å². The Morgan fingerprint density at radius 2 is 2.25 bits per heavy atom. The minimum atomic E-state index is 0.682. The van der Waals surface area contributed by atoms with Gasteiger partial charge in [-0.25, -0.2) is 4.99 Å². The van der Waals surface area contributed by atoms with Crippen LogP contribution in [0.3, 0.4) is 0 Å². The molecular weight excluding hydrogens is 148 g/mol. The van der Waals surface area contributed by atoms with Gasteiger partial charge in [0.25, 0.3) is 0 Å². The number of amidine groups is 1. The van der Waals surface area contributed by atoms with Crippen LogP contribution in [0.1, 0.15) is 32.6 Å². The van der Waals surface area contributed by atoms with E-state index in [1.165, 1.54) is 17.6 Å². The molecule has 0 aromatic heterocycles. The molecular formula is C10H16N2. The third-order valence-corrected chi connectivity index (χ3v) is 1.98. The number of nitrogens with zero attached hydrogens (tertiary/aromatic N) is 1. The first-order chi connectivity index (χ1) is 5.68. The third kappa shape index (κ3) is 2.91. The van der Waals surface area contributed by atoms with E-state index >= 15 is 0 Å². The number of aliphatic imine (C=N–C) groups is 1. The lowest BCUT2D eigenvalue weighted by Crippen LogP contribution is -2.11. The maximum absolute atomic E-state index is 5.67. The molecule has 0 aromatic rings. The van der Waals surface area contributed by atoms with Crippen molar-refractivity contribution in [3.8, 4) is 0 Å². The van der Waals surface area contributed by atoms with Crippen LogP contribution in [0.5, 0.6) is 0 Å². The van der Waals surface area contributed by atoms with E-state index < -0.39 is 0 Å². The number of rotatable bonds is 0. The van der Waals surface area contributed by atoms with Gasteiger partial charge in [-0.15, -0.1) is 0 Å². The molecule has 1 heterocycles. The highest BCUT2D eigenvalue weighted by atomic mass is 14.8. The zero-order valence-electron chi connectivity index (χ0n) is 7.64. The average Bonchev–Trinajstić information content (AvgIpc) is 2.05. The van der Waals surface area contributed by atoms with Crippen LogP contribution < -0.4 is 5.73 Å². The Morgan fingerprint density at radius 3 is 3.00 bits per heavy atom. The van der Waals surface area contributed by atoms with E-state index in [4.69, 9.17) is 5.73 Å². The van der Waals surface area contributed by atoms with Crippen LogP contribution in [0, 0.1) is 0 Å². The molecule has 0 amide bonds. The summed E-state index contributed by atoms with van der Waals surface area (Å²) in [5.74, 6) is 0.682. The van der Waals surface area contributed by atoms with Crippen molar-refractivity contribution in [1.29, 1.82) is 0 Å². The summed E-state index contributed by atoms with van der Waals surface area (Å²) in [6.07, 6.45) is 5.97. The molecule has 0 saturated heterocycles. The summed E-state index contributed by atoms with van der Waals surface area (Å²) < 4.78 is 0. The van der Waals surface area contributed by atoms with Crippen LogP contribution in [-0.2, 0) is 0 Å². The van der Waals surface area contributed by atoms with Crippen molar-refractivity contribution >= 4 is 5.84 Å². The molecule has 0 fully saturated rings. The molecule has 2 heteroatoms. The van der Waals surface area contributed by atoms with Crippen molar-refractivity contribution in [2.75, 3.05) is 0 Å². The van der Waals surface area contributed by atoms with Gasteiger partial charge >= 0.3 is 0 Å². The van der Waals surface area contributed by atoms with Crippen LogP contribution in [0.2, 0.25) is 0 Å². The van der Waals surface area contributed by atoms with Gasteiger partial charge < -0.3 is 5.73 Å². The molecule has 0 atom stereocenters. The second-order valence-corrected chi connectivity index (χ2v) is 3.38. The Morgan fingerprint density at radius 1 is 1.50 bits per heavy atom. The minimum absolute atomic E-state index is 0.682. The SMILES string of the molecule is C=C1CCC/C(C)=C/N=C(N)C1. The van der Waals surface area contributed by atoms with E-state index in [2.05, 4.69) is 18.5 Å². The molecule has 0 radical (unpaired) electrons. The van der Waals surface area contributed by atoms with Crippen molar-refractivity contribution < 1.29 is 0 Å². The number of hydrogen-bond acceptors (Lipinski definition) is 2. The summed E-state index contributed by atoms with van der Waals surface area (Å²) in [6.45, 7) is 6.04. The van der Waals surface area contributed by atoms with E-state index in [9.17, 15) is 0 Å². The average molecular weight is 164 g/mol. The van der Waals surface area contributed by atoms with Gasteiger partial charge in [0.05, 0.1) is 0 Å². The minimum Gasteiger partial charge on any atom is -0.387 e. The lowest BCUT2D eigenvalue weighted by molar-refractivity contribution is 0.799. The van der Waals surface area contributed by atoms with Crippen molar-refractivity contribution in [2.24, 2.45) is 10.7 Å². The van der Waals surface area contributed by atoms with Crippen LogP contribution in [0.25, 0.3) is 0 Å². The van der Waals surface area contributed by atoms with Crippen molar-refractivity contribution in [3.05, 3.63) is 23.9 Å². The summed E-state index contributed by atoms with van der Waals surface area (Å²) >= 11 is 0. The molecule has 12 heavy (non-hydrogen) atoms. The molecule has 1 rings (SSSR count). The van der Waals surface area contributed by atoms with Gasteiger partial charge in [-0.2, -0.15) is 0 Å². The zero-order chi connectivity index (χ0) is 8.97. The highest BCUT2D eigenvalue weighted by Gasteiger charge is 2.01. The summed E-state index contributed by atoms with van der Waals surface area (Å²) in [6, 6.07) is 0. The normalized spacial score (nSPS) is 24.6. The molecule has 0 aromatic carbocycles. The van der Waals surface area contributed by atoms with Gasteiger partial charge in [0.1, 0.15) is 5.84 Å². The number of allylic oxidation sites excluding steroid dienone is 1. The number of nitrogens with two attached hydrogens (primary N) is 1. The first kappa shape index (κ1) is 9.04. The first-order valence-corrected chi connectivity index (χ1v) is 4.33. The van der Waals surface area contributed by atoms with Gasteiger partial charge in [0, 0.05) is 12.6 Å². The molecule has 1 aliphatic rings. The van der Waals surface area contributed by atoms with E-state index in [0.29, 0.717) is 5.84 Å². The maximum atomic E-state index is 5.67. The van der Waals surface area contributed by atoms with Crippen molar-refractivity contribution in [2.45, 2.75) is 32.6 Å². The highest BCUT2D eigenvalue weighted by Crippen LogP contribution is 2.15. The second-order valence-electron chi connectivity index (χ2n) is 3.38. The van der Waals surface area contributed by atoms with Gasteiger partial charge in [-0.3, -0.25) is 0 Å². The molecule has 2 N–H and O–H groups in total. The van der Waals surface area contributed by atoms with Gasteiger partial charge in [-0.1, -0.05) is 17.7 Å². The summed E-state index contributed by atoms with van der Waals surface area (Å²) in [5, 5.41) is 0. The monoisotopic (exact) mass is 164 g/mol. The molecule has 0 saturated carbocycles. The van der Waals surface area contributed by atoms with Crippen LogP contribution in [0.4, 0.5) is 0 Å². The molecule has 1 aliphatic heterocycles. The summed E-state index contributed by atoms with van der Waals surface area (Å²) in [5.41, 5.74) is 8.16. The fourth-order valence-corrected chi connectivity index (χ4v) is 1.27. The molecule has 0 aliphatic carbocycles. The predicted octanol–water partition coefficient (Wildman–Crippen LogP) is 2.38. The van der Waals surface area contributed by atoms with Crippen molar-refractivity contribution in [3.63, 3.8) is 0 Å². The standard InChI is InChI=1S/C10H16N2/c1-8-4-3-5-9(2)7-12-10(11)6-8/h7H,1,3-6H2,2H3,(H2,11,12)/b9-7+. The van der Waals surface area contributed by atoms with E-state index in [1.807, 2.05) is 6.20 Å². The lowest BCUT2D eigenvalue weighted by Gasteiger charge is -2.01. The molecule has 66 valence electrons. The summed E-state index contributed by atoms with van der Waals surface area (Å²) in [4.78, 5) is 4.15. The Balaban J connectivity index is 2.69. The Kier molecular flexibility index (Phi) is 3.09. The van der Waals surface area contributed by atoms with Crippen LogP contribution >= 0.6 is 0 Å². The highest BCUT2D eigenvalue weighted by molar-refractivity contribution is 5.83. The van der Waals surface area contributed by atoms with E-state index in [-0.39, 0.29) is 0 Å². The van der Waals surface area contributed by atoms with Gasteiger partial charge in [0.2, 0.25) is 0 Å². The number of hydrogen-bond donors (Lipinski definition) is 1. The smallest absolute Gasteiger partial charge is 0.103 e. The molecule has 0 bridgehead atoms. The fraction of sp³-hybridized carbons (Fsp3) is 0.500. The Hall–Kier alpha value is -1.05. The first-order valence-electron chi connectivity index (χ1n) is 4.33. The van der Waals surface area contributed by atoms with Gasteiger partial charge in [0.15, 0.2) is 0 Å². The Labute approximate surface area is 73.9 Å². The quantitative estimate of drug-likeness (QED) is 0.548. The van der Waals surface area contributed by atoms with Crippen LogP contribution in [0.15, 0.2) is 28.9 Å². The molecule has 2 nitrogen and oxygen atoms in total. The second kappa shape index (κ2) is 4.10. The lowest BCUT2D eigenvalue weighted by atomic mass is 10.1. The van der Waals surface area contributed by atoms with E-state index in [1.54, 1.807) is 0 Å². The predicted molar refractivity (Wildman–Crippen MR) is 53.0 cm³/mol. The summed E-state index contributed by atoms with van der Waals surface area (Å²) in [7, 11) is 0. The Bertz CT molecular complexity index is 236. The van der Waals surface area contributed by atoms with E-state index in [0.717, 1.165) is 19.3 Å². The fourth-order valence-electron chi connectivity index (χ4n) is 1.27. The third-order valence-electron chi connectivity index (χ3n) is 1.98. The zero-order valence-corrected chi connectivity index (χ0v) is 7.64. The largest absolute Gasteiger partial charge is 0.387 e. The van der Waals surface area contributed by atoms with Gasteiger partial charge in [-0.05, 0) is 26.2 Å². The molecule has 0 spiro atoms.